The SMILES string of the molecule is CC1CN(CC(=O)NC2CCS(=O)(=O)C2)C(C)CN1. The fraction of sp³-hybridized carbons (Fsp3) is 0.917. The number of piperazine rings is 1. The first-order valence-corrected chi connectivity index (χ1v) is 8.65. The molecule has 2 fully saturated rings. The monoisotopic (exact) mass is 289 g/mol. The van der Waals surface area contributed by atoms with E-state index >= 15 is 0 Å². The van der Waals surface area contributed by atoms with Crippen LogP contribution in [0.4, 0.5) is 0 Å². The van der Waals surface area contributed by atoms with Crippen molar-refractivity contribution in [1.29, 1.82) is 0 Å². The van der Waals surface area contributed by atoms with E-state index < -0.39 is 9.84 Å². The van der Waals surface area contributed by atoms with E-state index in [9.17, 15) is 13.2 Å². The maximum atomic E-state index is 12.0. The van der Waals surface area contributed by atoms with Crippen LogP contribution in [0.25, 0.3) is 0 Å². The summed E-state index contributed by atoms with van der Waals surface area (Å²) in [5.74, 6) is 0.216. The van der Waals surface area contributed by atoms with Crippen molar-refractivity contribution >= 4 is 15.7 Å². The van der Waals surface area contributed by atoms with Gasteiger partial charge in [0.2, 0.25) is 5.91 Å². The molecule has 2 N–H and O–H groups in total. The molecular weight excluding hydrogens is 266 g/mol. The van der Waals surface area contributed by atoms with Crippen molar-refractivity contribution < 1.29 is 13.2 Å². The fourth-order valence-corrected chi connectivity index (χ4v) is 4.36. The van der Waals surface area contributed by atoms with Crippen LogP contribution in [0.15, 0.2) is 0 Å². The molecule has 3 atom stereocenters. The second-order valence-corrected chi connectivity index (χ2v) is 7.98. The zero-order chi connectivity index (χ0) is 14.0. The number of nitrogens with one attached hydrogen (secondary N) is 2. The van der Waals surface area contributed by atoms with Crippen molar-refractivity contribution in [3.8, 4) is 0 Å². The van der Waals surface area contributed by atoms with Gasteiger partial charge in [-0.3, -0.25) is 9.69 Å². The van der Waals surface area contributed by atoms with Gasteiger partial charge in [-0.25, -0.2) is 8.42 Å². The Morgan fingerprint density at radius 3 is 2.79 bits per heavy atom. The Morgan fingerprint density at radius 2 is 2.16 bits per heavy atom. The van der Waals surface area contributed by atoms with Crippen LogP contribution in [0.3, 0.4) is 0 Å². The topological polar surface area (TPSA) is 78.5 Å². The minimum atomic E-state index is -2.93. The number of sulfone groups is 1. The maximum Gasteiger partial charge on any atom is 0.234 e. The third-order valence-corrected chi connectivity index (χ3v) is 5.61. The summed E-state index contributed by atoms with van der Waals surface area (Å²) in [5.41, 5.74) is 0. The molecule has 0 spiro atoms. The van der Waals surface area contributed by atoms with Crippen molar-refractivity contribution in [3.05, 3.63) is 0 Å². The summed E-state index contributed by atoms with van der Waals surface area (Å²) in [7, 11) is -2.93. The summed E-state index contributed by atoms with van der Waals surface area (Å²) in [4.78, 5) is 14.1. The molecule has 19 heavy (non-hydrogen) atoms. The normalized spacial score (nSPS) is 35.2. The summed E-state index contributed by atoms with van der Waals surface area (Å²) >= 11 is 0. The number of rotatable bonds is 3. The highest BCUT2D eigenvalue weighted by molar-refractivity contribution is 7.91. The Balaban J connectivity index is 1.81. The Hall–Kier alpha value is -0.660. The van der Waals surface area contributed by atoms with Gasteiger partial charge in [0.15, 0.2) is 9.84 Å². The lowest BCUT2D eigenvalue weighted by Gasteiger charge is -2.37. The van der Waals surface area contributed by atoms with Gasteiger partial charge < -0.3 is 10.6 Å². The third-order valence-electron chi connectivity index (χ3n) is 3.84. The molecule has 0 aromatic heterocycles. The molecule has 7 heteroatoms. The van der Waals surface area contributed by atoms with Gasteiger partial charge in [-0.15, -0.1) is 0 Å². The highest BCUT2D eigenvalue weighted by atomic mass is 32.2. The lowest BCUT2D eigenvalue weighted by atomic mass is 10.1. The zero-order valence-electron chi connectivity index (χ0n) is 11.6. The first kappa shape index (κ1) is 14.7. The number of carbonyl (C=O) groups excluding carboxylic acids is 1. The van der Waals surface area contributed by atoms with Gasteiger partial charge in [-0.2, -0.15) is 0 Å². The van der Waals surface area contributed by atoms with Gasteiger partial charge in [0, 0.05) is 31.2 Å². The van der Waals surface area contributed by atoms with Gasteiger partial charge in [-0.05, 0) is 20.3 Å². The highest BCUT2D eigenvalue weighted by Crippen LogP contribution is 2.11. The number of amides is 1. The van der Waals surface area contributed by atoms with Crippen LogP contribution in [0.2, 0.25) is 0 Å². The molecule has 2 saturated heterocycles. The standard InChI is InChI=1S/C12H23N3O3S/c1-9-6-15(10(2)5-13-9)7-12(16)14-11-3-4-19(17,18)8-11/h9-11,13H,3-8H2,1-2H3,(H,14,16). The Kier molecular flexibility index (Phi) is 4.47. The van der Waals surface area contributed by atoms with E-state index in [1.807, 2.05) is 0 Å². The molecule has 1 amide bonds. The van der Waals surface area contributed by atoms with Gasteiger partial charge in [-0.1, -0.05) is 0 Å². The number of nitrogens with zero attached hydrogens (tertiary/aromatic N) is 1. The summed E-state index contributed by atoms with van der Waals surface area (Å²) in [6.45, 7) is 6.26. The molecule has 2 rings (SSSR count). The van der Waals surface area contributed by atoms with E-state index in [-0.39, 0.29) is 23.5 Å². The van der Waals surface area contributed by atoms with Crippen LogP contribution >= 0.6 is 0 Å². The van der Waals surface area contributed by atoms with Crippen molar-refractivity contribution in [2.75, 3.05) is 31.1 Å². The van der Waals surface area contributed by atoms with Gasteiger partial charge in [0.1, 0.15) is 0 Å². The molecule has 0 saturated carbocycles. The van der Waals surface area contributed by atoms with Crippen LogP contribution in [-0.4, -0.2) is 68.5 Å². The summed E-state index contributed by atoms with van der Waals surface area (Å²) in [5, 5.41) is 6.20. The molecule has 110 valence electrons. The molecule has 0 radical (unpaired) electrons. The van der Waals surface area contributed by atoms with E-state index in [0.29, 0.717) is 25.0 Å². The molecule has 0 aromatic carbocycles. The van der Waals surface area contributed by atoms with E-state index in [1.54, 1.807) is 0 Å². The quantitative estimate of drug-likeness (QED) is 0.695. The van der Waals surface area contributed by atoms with Crippen LogP contribution in [0.1, 0.15) is 20.3 Å². The number of hydrogen-bond donors (Lipinski definition) is 2. The molecule has 2 aliphatic heterocycles. The average Bonchev–Trinajstić information content (AvgIpc) is 2.63. The first-order valence-electron chi connectivity index (χ1n) is 6.83. The molecule has 0 aliphatic carbocycles. The Bertz CT molecular complexity index is 438. The first-order chi connectivity index (χ1) is 8.85. The second-order valence-electron chi connectivity index (χ2n) is 5.76. The predicted octanol–water partition coefficient (Wildman–Crippen LogP) is -1.03. The molecule has 3 unspecified atom stereocenters. The number of carbonyl (C=O) groups is 1. The largest absolute Gasteiger partial charge is 0.351 e. The minimum absolute atomic E-state index is 0.0666. The van der Waals surface area contributed by atoms with Gasteiger partial charge >= 0.3 is 0 Å². The minimum Gasteiger partial charge on any atom is -0.351 e. The van der Waals surface area contributed by atoms with Crippen LogP contribution in [0.5, 0.6) is 0 Å². The Morgan fingerprint density at radius 1 is 1.42 bits per heavy atom. The molecule has 2 heterocycles. The molecule has 0 bridgehead atoms. The van der Waals surface area contributed by atoms with Crippen molar-refractivity contribution in [2.24, 2.45) is 0 Å². The summed E-state index contributed by atoms with van der Waals surface area (Å²) in [6.07, 6.45) is 0.543. The molecule has 6 nitrogen and oxygen atoms in total. The van der Waals surface area contributed by atoms with E-state index in [1.165, 1.54) is 0 Å². The lowest BCUT2D eigenvalue weighted by Crippen LogP contribution is -2.57. The molecule has 0 aromatic rings. The lowest BCUT2D eigenvalue weighted by molar-refractivity contribution is -0.123. The second kappa shape index (κ2) is 5.76. The van der Waals surface area contributed by atoms with Crippen LogP contribution in [-0.2, 0) is 14.6 Å². The maximum absolute atomic E-state index is 12.0. The van der Waals surface area contributed by atoms with E-state index in [0.717, 1.165) is 13.1 Å². The average molecular weight is 289 g/mol. The Labute approximate surface area is 114 Å². The number of hydrogen-bond acceptors (Lipinski definition) is 5. The smallest absolute Gasteiger partial charge is 0.234 e. The molecule has 2 aliphatic rings. The van der Waals surface area contributed by atoms with E-state index in [4.69, 9.17) is 0 Å². The fourth-order valence-electron chi connectivity index (χ4n) is 2.68. The summed E-state index contributed by atoms with van der Waals surface area (Å²) < 4.78 is 22.7. The van der Waals surface area contributed by atoms with Crippen molar-refractivity contribution in [3.63, 3.8) is 0 Å². The summed E-state index contributed by atoms with van der Waals surface area (Å²) in [6, 6.07) is 0.512. The van der Waals surface area contributed by atoms with E-state index in [2.05, 4.69) is 29.4 Å². The van der Waals surface area contributed by atoms with Crippen LogP contribution < -0.4 is 10.6 Å². The van der Waals surface area contributed by atoms with Crippen molar-refractivity contribution in [2.45, 2.75) is 38.4 Å². The zero-order valence-corrected chi connectivity index (χ0v) is 12.4. The third kappa shape index (κ3) is 4.15. The van der Waals surface area contributed by atoms with Crippen molar-refractivity contribution in [1.82, 2.24) is 15.5 Å². The predicted molar refractivity (Wildman–Crippen MR) is 73.7 cm³/mol. The van der Waals surface area contributed by atoms with Crippen LogP contribution in [0, 0.1) is 0 Å². The van der Waals surface area contributed by atoms with Gasteiger partial charge in [0.25, 0.3) is 0 Å². The van der Waals surface area contributed by atoms with Gasteiger partial charge in [0.05, 0.1) is 18.1 Å². The highest BCUT2D eigenvalue weighted by Gasteiger charge is 2.30. The molecular formula is C12H23N3O3S.